The van der Waals surface area contributed by atoms with Gasteiger partial charge in [0.25, 0.3) is 5.89 Å². The molecule has 5 rings (SSSR count). The molecule has 1 atom stereocenters. The van der Waals surface area contributed by atoms with Gasteiger partial charge in [-0.05, 0) is 23.6 Å². The number of aromatic nitrogens is 4. The predicted molar refractivity (Wildman–Crippen MR) is 116 cm³/mol. The van der Waals surface area contributed by atoms with E-state index in [0.717, 1.165) is 23.2 Å². The molecule has 3 heterocycles. The average Bonchev–Trinajstić information content (AvgIpc) is 3.55. The molecule has 1 unspecified atom stereocenters. The minimum atomic E-state index is -0.0727. The lowest BCUT2D eigenvalue weighted by atomic mass is 10.1. The van der Waals surface area contributed by atoms with E-state index < -0.39 is 0 Å². The minimum Gasteiger partial charge on any atom is -0.338 e. The fourth-order valence-corrected chi connectivity index (χ4v) is 3.90. The van der Waals surface area contributed by atoms with Crippen molar-refractivity contribution >= 4 is 5.91 Å². The average molecular weight is 413 g/mol. The number of rotatable bonds is 6. The zero-order chi connectivity index (χ0) is 21.2. The maximum atomic E-state index is 12.5. The molecule has 2 aromatic heterocycles. The van der Waals surface area contributed by atoms with E-state index in [2.05, 4.69) is 51.5 Å². The van der Waals surface area contributed by atoms with E-state index in [1.807, 2.05) is 41.3 Å². The molecule has 0 spiro atoms. The highest BCUT2D eigenvalue weighted by Gasteiger charge is 2.34. The van der Waals surface area contributed by atoms with Crippen LogP contribution in [0.1, 0.15) is 36.2 Å². The first-order valence-corrected chi connectivity index (χ1v) is 10.5. The fourth-order valence-electron chi connectivity index (χ4n) is 3.90. The number of aryl methyl sites for hydroxylation is 1. The molecule has 1 aliphatic rings. The molecule has 0 bridgehead atoms. The van der Waals surface area contributed by atoms with E-state index in [4.69, 9.17) is 4.52 Å². The number of carbonyl (C=O) groups excluding carboxylic acids is 1. The minimum absolute atomic E-state index is 0.0727. The summed E-state index contributed by atoms with van der Waals surface area (Å²) in [6.07, 6.45) is 1.40. The molecular formula is C24H23N5O2. The predicted octanol–water partition coefficient (Wildman–Crippen LogP) is 4.21. The number of aromatic amines is 1. The van der Waals surface area contributed by atoms with Gasteiger partial charge >= 0.3 is 0 Å². The van der Waals surface area contributed by atoms with Gasteiger partial charge in [0.15, 0.2) is 5.82 Å². The molecule has 0 radical (unpaired) electrons. The molecule has 7 heteroatoms. The largest absolute Gasteiger partial charge is 0.338 e. The highest BCUT2D eigenvalue weighted by molar-refractivity contribution is 5.79. The molecule has 31 heavy (non-hydrogen) atoms. The van der Waals surface area contributed by atoms with E-state index in [0.29, 0.717) is 36.9 Å². The van der Waals surface area contributed by atoms with Crippen LogP contribution in [0.15, 0.2) is 65.2 Å². The zero-order valence-corrected chi connectivity index (χ0v) is 17.3. The Balaban J connectivity index is 1.28. The topological polar surface area (TPSA) is 87.9 Å². The van der Waals surface area contributed by atoms with Crippen LogP contribution in [-0.2, 0) is 17.8 Å². The lowest BCUT2D eigenvalue weighted by Crippen LogP contribution is -2.24. The van der Waals surface area contributed by atoms with E-state index >= 15 is 0 Å². The van der Waals surface area contributed by atoms with E-state index in [-0.39, 0.29) is 11.8 Å². The van der Waals surface area contributed by atoms with Crippen molar-refractivity contribution in [2.75, 3.05) is 6.54 Å². The standard InChI is InChI=1S/C24H23N5O2/c1-2-16-8-10-17(11-9-16)14-29-15-19(12-22(29)30)23-25-24(31-28-23)21-13-20(26-27-21)18-6-4-3-5-7-18/h3-11,13,19H,2,12,14-15H2,1H3,(H,26,27). The Kier molecular flexibility index (Phi) is 5.08. The molecule has 1 fully saturated rings. The van der Waals surface area contributed by atoms with Crippen LogP contribution in [0.25, 0.3) is 22.8 Å². The third-order valence-electron chi connectivity index (χ3n) is 5.70. The molecule has 1 aliphatic heterocycles. The second kappa shape index (κ2) is 8.18. The Bertz CT molecular complexity index is 1180. The summed E-state index contributed by atoms with van der Waals surface area (Å²) in [4.78, 5) is 19.0. The van der Waals surface area contributed by atoms with E-state index in [1.165, 1.54) is 5.56 Å². The van der Waals surface area contributed by atoms with Gasteiger partial charge in [-0.2, -0.15) is 10.1 Å². The first-order chi connectivity index (χ1) is 15.2. The molecule has 1 saturated heterocycles. The Hall–Kier alpha value is -3.74. The van der Waals surface area contributed by atoms with Crippen LogP contribution in [0.4, 0.5) is 0 Å². The van der Waals surface area contributed by atoms with Gasteiger partial charge in [-0.1, -0.05) is 66.7 Å². The fraction of sp³-hybridized carbons (Fsp3) is 0.250. The summed E-state index contributed by atoms with van der Waals surface area (Å²) in [5.74, 6) is 0.981. The molecule has 2 aromatic carbocycles. The normalized spacial score (nSPS) is 16.2. The Morgan fingerprint density at radius 1 is 1.10 bits per heavy atom. The van der Waals surface area contributed by atoms with Crippen molar-refractivity contribution in [1.82, 2.24) is 25.2 Å². The highest BCUT2D eigenvalue weighted by Crippen LogP contribution is 2.29. The van der Waals surface area contributed by atoms with Crippen molar-refractivity contribution in [1.29, 1.82) is 0 Å². The summed E-state index contributed by atoms with van der Waals surface area (Å²) in [7, 11) is 0. The maximum Gasteiger partial charge on any atom is 0.275 e. The Morgan fingerprint density at radius 2 is 1.87 bits per heavy atom. The molecule has 7 nitrogen and oxygen atoms in total. The molecular weight excluding hydrogens is 390 g/mol. The van der Waals surface area contributed by atoms with Crippen molar-refractivity contribution < 1.29 is 9.32 Å². The number of likely N-dealkylation sites (tertiary alicyclic amines) is 1. The second-order valence-electron chi connectivity index (χ2n) is 7.84. The number of hydrogen-bond acceptors (Lipinski definition) is 5. The lowest BCUT2D eigenvalue weighted by molar-refractivity contribution is -0.128. The van der Waals surface area contributed by atoms with Gasteiger partial charge in [-0.25, -0.2) is 0 Å². The number of nitrogens with one attached hydrogen (secondary N) is 1. The van der Waals surface area contributed by atoms with Gasteiger partial charge in [0.05, 0.1) is 5.69 Å². The molecule has 4 aromatic rings. The summed E-state index contributed by atoms with van der Waals surface area (Å²) in [6, 6.07) is 20.2. The molecule has 1 N–H and O–H groups in total. The van der Waals surface area contributed by atoms with Crippen LogP contribution in [0, 0.1) is 0 Å². The van der Waals surface area contributed by atoms with Crippen molar-refractivity contribution in [3.63, 3.8) is 0 Å². The number of carbonyl (C=O) groups is 1. The van der Waals surface area contributed by atoms with Gasteiger partial charge in [-0.15, -0.1) is 0 Å². The van der Waals surface area contributed by atoms with Crippen molar-refractivity contribution in [2.24, 2.45) is 0 Å². The molecule has 0 saturated carbocycles. The zero-order valence-electron chi connectivity index (χ0n) is 17.3. The summed E-state index contributed by atoms with van der Waals surface area (Å²) >= 11 is 0. The van der Waals surface area contributed by atoms with E-state index in [1.54, 1.807) is 0 Å². The van der Waals surface area contributed by atoms with Crippen LogP contribution in [0.2, 0.25) is 0 Å². The van der Waals surface area contributed by atoms with Crippen LogP contribution in [0.5, 0.6) is 0 Å². The molecule has 0 aliphatic carbocycles. The van der Waals surface area contributed by atoms with Gasteiger partial charge in [-0.3, -0.25) is 9.89 Å². The SMILES string of the molecule is CCc1ccc(CN2CC(c3noc(-c4cc(-c5ccccc5)n[nH]4)n3)CC2=O)cc1. The van der Waals surface area contributed by atoms with Crippen molar-refractivity contribution in [3.8, 4) is 22.8 Å². The van der Waals surface area contributed by atoms with Gasteiger partial charge < -0.3 is 9.42 Å². The summed E-state index contributed by atoms with van der Waals surface area (Å²) < 4.78 is 5.46. The number of hydrogen-bond donors (Lipinski definition) is 1. The number of amides is 1. The summed E-state index contributed by atoms with van der Waals surface area (Å²) in [6.45, 7) is 3.32. The Morgan fingerprint density at radius 3 is 2.65 bits per heavy atom. The van der Waals surface area contributed by atoms with Crippen LogP contribution < -0.4 is 0 Å². The maximum absolute atomic E-state index is 12.5. The summed E-state index contributed by atoms with van der Waals surface area (Å²) in [5.41, 5.74) is 4.91. The molecule has 156 valence electrons. The van der Waals surface area contributed by atoms with Crippen molar-refractivity contribution in [3.05, 3.63) is 77.6 Å². The quantitative estimate of drug-likeness (QED) is 0.512. The number of H-pyrrole nitrogens is 1. The number of nitrogens with zero attached hydrogens (tertiary/aromatic N) is 4. The number of benzene rings is 2. The van der Waals surface area contributed by atoms with Crippen LogP contribution in [-0.4, -0.2) is 37.7 Å². The highest BCUT2D eigenvalue weighted by atomic mass is 16.5. The molecule has 1 amide bonds. The first kappa shape index (κ1) is 19.2. The van der Waals surface area contributed by atoms with Gasteiger partial charge in [0.1, 0.15) is 5.69 Å². The van der Waals surface area contributed by atoms with Crippen molar-refractivity contribution in [2.45, 2.75) is 32.2 Å². The van der Waals surface area contributed by atoms with Crippen LogP contribution >= 0.6 is 0 Å². The first-order valence-electron chi connectivity index (χ1n) is 10.5. The third-order valence-corrected chi connectivity index (χ3v) is 5.70. The lowest BCUT2D eigenvalue weighted by Gasteiger charge is -2.16. The monoisotopic (exact) mass is 413 g/mol. The third kappa shape index (κ3) is 3.99. The summed E-state index contributed by atoms with van der Waals surface area (Å²) in [5, 5.41) is 11.4. The van der Waals surface area contributed by atoms with Gasteiger partial charge in [0.2, 0.25) is 5.91 Å². The Labute approximate surface area is 180 Å². The smallest absolute Gasteiger partial charge is 0.275 e. The van der Waals surface area contributed by atoms with Gasteiger partial charge in [0, 0.05) is 31.0 Å². The van der Waals surface area contributed by atoms with E-state index in [9.17, 15) is 4.79 Å². The van der Waals surface area contributed by atoms with Crippen LogP contribution in [0.3, 0.4) is 0 Å². The second-order valence-corrected chi connectivity index (χ2v) is 7.84.